The van der Waals surface area contributed by atoms with E-state index in [4.69, 9.17) is 9.47 Å². The van der Waals surface area contributed by atoms with Gasteiger partial charge in [-0.2, -0.15) is 0 Å². The maximum absolute atomic E-state index is 12.0. The van der Waals surface area contributed by atoms with Gasteiger partial charge in [-0.05, 0) is 25.8 Å². The summed E-state index contributed by atoms with van der Waals surface area (Å²) in [7, 11) is 0. The van der Waals surface area contributed by atoms with Crippen LogP contribution in [0.1, 0.15) is 39.5 Å². The Bertz CT molecular complexity index is 225. The summed E-state index contributed by atoms with van der Waals surface area (Å²) in [6.45, 7) is 7.49. The summed E-state index contributed by atoms with van der Waals surface area (Å²) >= 11 is 0. The molecule has 1 heterocycles. The van der Waals surface area contributed by atoms with Crippen molar-refractivity contribution in [2.45, 2.75) is 39.5 Å². The number of nitrogens with one attached hydrogen (secondary N) is 1. The predicted molar refractivity (Wildman–Crippen MR) is 66.9 cm³/mol. The van der Waals surface area contributed by atoms with Gasteiger partial charge in [-0.15, -0.1) is 0 Å². The van der Waals surface area contributed by atoms with Gasteiger partial charge in [0.15, 0.2) is 0 Å². The lowest BCUT2D eigenvalue weighted by Crippen LogP contribution is -2.35. The van der Waals surface area contributed by atoms with Crippen LogP contribution in [-0.2, 0) is 14.3 Å². The van der Waals surface area contributed by atoms with Gasteiger partial charge in [0.1, 0.15) is 6.61 Å². The second-order valence-electron chi connectivity index (χ2n) is 4.66. The van der Waals surface area contributed by atoms with Gasteiger partial charge in [-0.3, -0.25) is 4.79 Å². The third kappa shape index (κ3) is 4.28. The van der Waals surface area contributed by atoms with Gasteiger partial charge >= 0.3 is 5.97 Å². The molecule has 1 atom stereocenters. The number of hydrogen-bond acceptors (Lipinski definition) is 4. The molecule has 4 nitrogen and oxygen atoms in total. The molecule has 0 aliphatic carbocycles. The van der Waals surface area contributed by atoms with Crippen molar-refractivity contribution in [3.63, 3.8) is 0 Å². The summed E-state index contributed by atoms with van der Waals surface area (Å²) < 4.78 is 10.7. The van der Waals surface area contributed by atoms with Crippen molar-refractivity contribution >= 4 is 5.97 Å². The highest BCUT2D eigenvalue weighted by molar-refractivity contribution is 5.77. The lowest BCUT2D eigenvalue weighted by Gasteiger charge is -2.23. The molecule has 0 aromatic rings. The molecule has 0 aromatic heterocycles. The second-order valence-corrected chi connectivity index (χ2v) is 4.66. The molecular weight excluding hydrogens is 218 g/mol. The van der Waals surface area contributed by atoms with Gasteiger partial charge in [0.05, 0.1) is 12.0 Å². The van der Waals surface area contributed by atoms with Crippen LogP contribution in [0.4, 0.5) is 0 Å². The number of rotatable bonds is 8. The van der Waals surface area contributed by atoms with Crippen molar-refractivity contribution in [3.05, 3.63) is 0 Å². The quantitative estimate of drug-likeness (QED) is 0.521. The van der Waals surface area contributed by atoms with Crippen LogP contribution in [-0.4, -0.2) is 38.9 Å². The molecule has 1 unspecified atom stereocenters. The van der Waals surface area contributed by atoms with Gasteiger partial charge in [0.25, 0.3) is 0 Å². The molecule has 0 radical (unpaired) electrons. The van der Waals surface area contributed by atoms with Crippen molar-refractivity contribution in [3.8, 4) is 0 Å². The molecule has 0 bridgehead atoms. The number of esters is 1. The van der Waals surface area contributed by atoms with E-state index in [1.165, 1.54) is 0 Å². The van der Waals surface area contributed by atoms with Gasteiger partial charge in [-0.1, -0.05) is 20.3 Å². The Balaban J connectivity index is 2.15. The standard InChI is InChI=1S/C13H25NO3/c1-3-5-8-16-9-10-17-12(15)13(4-2)6-7-14-11-13/h14H,3-11H2,1-2H3. The first-order valence-electron chi connectivity index (χ1n) is 6.71. The first kappa shape index (κ1) is 14.5. The molecule has 0 spiro atoms. The van der Waals surface area contributed by atoms with E-state index in [1.807, 2.05) is 6.92 Å². The highest BCUT2D eigenvalue weighted by Crippen LogP contribution is 2.30. The van der Waals surface area contributed by atoms with Crippen LogP contribution in [0.15, 0.2) is 0 Å². The van der Waals surface area contributed by atoms with Crippen LogP contribution < -0.4 is 5.32 Å². The number of carbonyl (C=O) groups is 1. The van der Waals surface area contributed by atoms with Gasteiger partial charge < -0.3 is 14.8 Å². The van der Waals surface area contributed by atoms with Gasteiger partial charge in [0, 0.05) is 13.2 Å². The number of ether oxygens (including phenoxy) is 2. The summed E-state index contributed by atoms with van der Waals surface area (Å²) in [6.07, 6.45) is 3.93. The minimum Gasteiger partial charge on any atom is -0.463 e. The zero-order valence-electron chi connectivity index (χ0n) is 11.1. The highest BCUT2D eigenvalue weighted by atomic mass is 16.6. The van der Waals surface area contributed by atoms with E-state index in [2.05, 4.69) is 12.2 Å². The summed E-state index contributed by atoms with van der Waals surface area (Å²) in [6, 6.07) is 0. The molecule has 1 aliphatic rings. The molecule has 0 amide bonds. The third-order valence-electron chi connectivity index (χ3n) is 3.46. The Kier molecular flexibility index (Phi) is 6.52. The molecule has 0 aromatic carbocycles. The van der Waals surface area contributed by atoms with E-state index in [1.54, 1.807) is 0 Å². The molecular formula is C13H25NO3. The number of hydrogen-bond donors (Lipinski definition) is 1. The van der Waals surface area contributed by atoms with E-state index in [9.17, 15) is 4.79 Å². The van der Waals surface area contributed by atoms with Crippen molar-refractivity contribution in [1.82, 2.24) is 5.32 Å². The fourth-order valence-electron chi connectivity index (χ4n) is 2.06. The largest absolute Gasteiger partial charge is 0.463 e. The monoisotopic (exact) mass is 243 g/mol. The second kappa shape index (κ2) is 7.67. The summed E-state index contributed by atoms with van der Waals surface area (Å²) in [5.41, 5.74) is -0.288. The Morgan fingerprint density at radius 3 is 2.71 bits per heavy atom. The molecule has 0 saturated carbocycles. The first-order chi connectivity index (χ1) is 8.25. The van der Waals surface area contributed by atoms with Gasteiger partial charge in [0.2, 0.25) is 0 Å². The maximum Gasteiger partial charge on any atom is 0.313 e. The van der Waals surface area contributed by atoms with Crippen molar-refractivity contribution in [2.75, 3.05) is 32.9 Å². The number of unbranched alkanes of at least 4 members (excludes halogenated alkanes) is 1. The Morgan fingerprint density at radius 2 is 2.12 bits per heavy atom. The van der Waals surface area contributed by atoms with Crippen molar-refractivity contribution in [2.24, 2.45) is 5.41 Å². The first-order valence-corrected chi connectivity index (χ1v) is 6.71. The Labute approximate surface area is 104 Å². The average Bonchev–Trinajstić information content (AvgIpc) is 2.83. The smallest absolute Gasteiger partial charge is 0.313 e. The van der Waals surface area contributed by atoms with Crippen molar-refractivity contribution in [1.29, 1.82) is 0 Å². The Hall–Kier alpha value is -0.610. The van der Waals surface area contributed by atoms with Crippen LogP contribution in [0, 0.1) is 5.41 Å². The van der Waals surface area contributed by atoms with E-state index in [0.717, 1.165) is 45.4 Å². The normalized spacial score (nSPS) is 23.9. The van der Waals surface area contributed by atoms with Crippen LogP contribution >= 0.6 is 0 Å². The van der Waals surface area contributed by atoms with Crippen LogP contribution in [0.25, 0.3) is 0 Å². The molecule has 1 rings (SSSR count). The fourth-order valence-corrected chi connectivity index (χ4v) is 2.06. The lowest BCUT2D eigenvalue weighted by atomic mass is 9.84. The minimum atomic E-state index is -0.288. The summed E-state index contributed by atoms with van der Waals surface area (Å²) in [4.78, 5) is 12.0. The fraction of sp³-hybridized carbons (Fsp3) is 0.923. The zero-order chi connectivity index (χ0) is 12.6. The molecule has 1 saturated heterocycles. The molecule has 1 aliphatic heterocycles. The number of carbonyl (C=O) groups excluding carboxylic acids is 1. The minimum absolute atomic E-state index is 0.0657. The maximum atomic E-state index is 12.0. The van der Waals surface area contributed by atoms with Crippen LogP contribution in [0.5, 0.6) is 0 Å². The molecule has 1 fully saturated rings. The van der Waals surface area contributed by atoms with Crippen LogP contribution in [0.2, 0.25) is 0 Å². The zero-order valence-corrected chi connectivity index (χ0v) is 11.1. The SMILES string of the molecule is CCCCOCCOC(=O)C1(CC)CCNC1. The Morgan fingerprint density at radius 1 is 1.29 bits per heavy atom. The molecule has 100 valence electrons. The average molecular weight is 243 g/mol. The predicted octanol–water partition coefficient (Wildman–Crippen LogP) is 1.74. The van der Waals surface area contributed by atoms with Crippen LogP contribution in [0.3, 0.4) is 0 Å². The summed E-state index contributed by atoms with van der Waals surface area (Å²) in [5.74, 6) is -0.0657. The van der Waals surface area contributed by atoms with E-state index in [0.29, 0.717) is 13.2 Å². The molecule has 4 heteroatoms. The lowest BCUT2D eigenvalue weighted by molar-refractivity contribution is -0.156. The molecule has 17 heavy (non-hydrogen) atoms. The van der Waals surface area contributed by atoms with Crippen molar-refractivity contribution < 1.29 is 14.3 Å². The molecule has 1 N–H and O–H groups in total. The topological polar surface area (TPSA) is 47.6 Å². The van der Waals surface area contributed by atoms with E-state index >= 15 is 0 Å². The van der Waals surface area contributed by atoms with E-state index < -0.39 is 0 Å². The third-order valence-corrected chi connectivity index (χ3v) is 3.46. The van der Waals surface area contributed by atoms with E-state index in [-0.39, 0.29) is 11.4 Å². The summed E-state index contributed by atoms with van der Waals surface area (Å²) in [5, 5.41) is 3.23. The van der Waals surface area contributed by atoms with Gasteiger partial charge in [-0.25, -0.2) is 0 Å². The highest BCUT2D eigenvalue weighted by Gasteiger charge is 2.40.